The fourth-order valence-electron chi connectivity index (χ4n) is 5.73. The molecule has 1 amide bonds. The van der Waals surface area contributed by atoms with E-state index < -0.39 is 59.2 Å². The van der Waals surface area contributed by atoms with Crippen molar-refractivity contribution in [2.45, 2.75) is 42.5 Å². The number of amides is 1. The number of thioether (sulfide) groups is 1. The lowest BCUT2D eigenvalue weighted by atomic mass is 9.89. The lowest BCUT2D eigenvalue weighted by molar-refractivity contribution is -0.146. The van der Waals surface area contributed by atoms with Gasteiger partial charge in [-0.3, -0.25) is 4.79 Å². The molecule has 5 rings (SSSR count). The largest absolute Gasteiger partial charge is 0.459 e. The van der Waals surface area contributed by atoms with Gasteiger partial charge in [0.15, 0.2) is 11.9 Å². The van der Waals surface area contributed by atoms with Crippen molar-refractivity contribution in [3.05, 3.63) is 149 Å². The highest BCUT2D eigenvalue weighted by Crippen LogP contribution is 2.42. The molecule has 2 atom stereocenters. The third-order valence-electron chi connectivity index (χ3n) is 8.59. The Bertz CT molecular complexity index is 2170. The molecular formula is C41H38F3N5O8S. The number of benzene rings is 3. The van der Waals surface area contributed by atoms with Crippen LogP contribution >= 0.6 is 11.8 Å². The van der Waals surface area contributed by atoms with Crippen molar-refractivity contribution >= 4 is 35.9 Å². The Morgan fingerprint density at radius 2 is 1.88 bits per heavy atom. The van der Waals surface area contributed by atoms with Crippen LogP contribution in [0.3, 0.4) is 0 Å². The van der Waals surface area contributed by atoms with E-state index in [0.717, 1.165) is 12.1 Å². The molecule has 1 aliphatic heterocycles. The number of allylic oxidation sites excluding steroid dienone is 2. The minimum absolute atomic E-state index is 0.00808. The molecule has 1 aliphatic rings. The highest BCUT2D eigenvalue weighted by molar-refractivity contribution is 8.00. The average Bonchev–Trinajstić information content (AvgIpc) is 3.73. The first-order valence-corrected chi connectivity index (χ1v) is 18.6. The second-order valence-electron chi connectivity index (χ2n) is 12.6. The first-order chi connectivity index (χ1) is 28.0. The zero-order valence-corrected chi connectivity index (χ0v) is 31.9. The maximum atomic E-state index is 15.9. The third-order valence-corrected chi connectivity index (χ3v) is 10.0. The molecule has 0 bridgehead atoms. The van der Waals surface area contributed by atoms with Gasteiger partial charge in [0.2, 0.25) is 0 Å². The third kappa shape index (κ3) is 11.7. The first kappa shape index (κ1) is 42.9. The minimum atomic E-state index is -1.85. The minimum Gasteiger partial charge on any atom is -0.459 e. The Morgan fingerprint density at radius 1 is 1.09 bits per heavy atom. The Morgan fingerprint density at radius 3 is 2.59 bits per heavy atom. The Hall–Kier alpha value is -6.22. The number of hydrogen-bond donors (Lipinski definition) is 1. The summed E-state index contributed by atoms with van der Waals surface area (Å²) in [4.78, 5) is 42.3. The summed E-state index contributed by atoms with van der Waals surface area (Å²) in [6.07, 6.45) is 8.81. The zero-order valence-electron chi connectivity index (χ0n) is 31.1. The van der Waals surface area contributed by atoms with Gasteiger partial charge in [-0.2, -0.15) is 10.4 Å². The van der Waals surface area contributed by atoms with E-state index in [2.05, 4.69) is 22.0 Å². The monoisotopic (exact) mass is 817 g/mol. The van der Waals surface area contributed by atoms with Crippen LogP contribution in [0.15, 0.2) is 104 Å². The zero-order chi connectivity index (χ0) is 41.5. The van der Waals surface area contributed by atoms with E-state index in [0.29, 0.717) is 11.6 Å². The maximum absolute atomic E-state index is 15.9. The summed E-state index contributed by atoms with van der Waals surface area (Å²) in [7, 11) is 0. The highest BCUT2D eigenvalue weighted by Gasteiger charge is 2.47. The van der Waals surface area contributed by atoms with Gasteiger partial charge in [0.05, 0.1) is 42.2 Å². The number of hydrogen-bond acceptors (Lipinski definition) is 12. The van der Waals surface area contributed by atoms with Crippen molar-refractivity contribution in [3.63, 3.8) is 0 Å². The van der Waals surface area contributed by atoms with Crippen LogP contribution in [0.2, 0.25) is 0 Å². The van der Waals surface area contributed by atoms with Gasteiger partial charge in [0, 0.05) is 28.0 Å². The van der Waals surface area contributed by atoms with Crippen LogP contribution < -0.4 is 5.32 Å². The molecule has 302 valence electrons. The SMILES string of the molecule is C=CCOC(=O)NCC(=O)OCc1ccccc1C(=O)O[C@@](Cn1cncn1)(c1ccc(F)cc1F)[C@@H](C)S[C@H]1CO[C@H](C=CC=Cc2ccc(C#N)cc2F)OC1. The lowest BCUT2D eigenvalue weighted by Crippen LogP contribution is -2.47. The predicted molar refractivity (Wildman–Crippen MR) is 205 cm³/mol. The van der Waals surface area contributed by atoms with Crippen molar-refractivity contribution in [2.24, 2.45) is 0 Å². The number of esters is 2. The van der Waals surface area contributed by atoms with Gasteiger partial charge < -0.3 is 29.0 Å². The fraction of sp³-hybridized carbons (Fsp3) is 0.268. The topological polar surface area (TPSA) is 164 Å². The Kier molecular flexibility index (Phi) is 15.4. The number of carbonyl (C=O) groups excluding carboxylic acids is 3. The molecule has 1 N–H and O–H groups in total. The van der Waals surface area contributed by atoms with Gasteiger partial charge in [0.25, 0.3) is 0 Å². The fourth-order valence-corrected chi connectivity index (χ4v) is 7.09. The van der Waals surface area contributed by atoms with Crippen molar-refractivity contribution in [3.8, 4) is 6.07 Å². The molecule has 4 aromatic rings. The molecule has 17 heteroatoms. The molecule has 2 heterocycles. The number of rotatable bonds is 17. The summed E-state index contributed by atoms with van der Waals surface area (Å²) in [5, 5.41) is 14.3. The Labute approximate surface area is 336 Å². The number of carbonyl (C=O) groups is 3. The van der Waals surface area contributed by atoms with E-state index >= 15 is 4.39 Å². The number of nitriles is 1. The maximum Gasteiger partial charge on any atom is 0.407 e. The highest BCUT2D eigenvalue weighted by atomic mass is 32.2. The van der Waals surface area contributed by atoms with E-state index in [1.807, 2.05) is 6.07 Å². The summed E-state index contributed by atoms with van der Waals surface area (Å²) < 4.78 is 74.1. The normalized spacial score (nSPS) is 16.9. The van der Waals surface area contributed by atoms with E-state index in [4.69, 9.17) is 28.9 Å². The van der Waals surface area contributed by atoms with Gasteiger partial charge in [-0.05, 0) is 43.3 Å². The van der Waals surface area contributed by atoms with Gasteiger partial charge in [-0.1, -0.05) is 55.1 Å². The van der Waals surface area contributed by atoms with Crippen LogP contribution in [0.25, 0.3) is 6.08 Å². The average molecular weight is 818 g/mol. The first-order valence-electron chi connectivity index (χ1n) is 17.7. The molecule has 3 aromatic carbocycles. The van der Waals surface area contributed by atoms with Gasteiger partial charge >= 0.3 is 18.0 Å². The van der Waals surface area contributed by atoms with Crippen molar-refractivity contribution in [1.29, 1.82) is 5.26 Å². The molecule has 58 heavy (non-hydrogen) atoms. The van der Waals surface area contributed by atoms with Crippen molar-refractivity contribution in [2.75, 3.05) is 26.4 Å². The van der Waals surface area contributed by atoms with Crippen LogP contribution in [0.4, 0.5) is 18.0 Å². The van der Waals surface area contributed by atoms with Crippen LogP contribution in [-0.2, 0) is 47.2 Å². The van der Waals surface area contributed by atoms with Gasteiger partial charge in [-0.15, -0.1) is 11.8 Å². The van der Waals surface area contributed by atoms with E-state index in [9.17, 15) is 23.2 Å². The molecule has 13 nitrogen and oxygen atoms in total. The van der Waals surface area contributed by atoms with Crippen molar-refractivity contribution < 1.29 is 51.2 Å². The van der Waals surface area contributed by atoms with Crippen LogP contribution in [0.1, 0.15) is 39.5 Å². The van der Waals surface area contributed by atoms with Gasteiger partial charge in [-0.25, -0.2) is 32.4 Å². The van der Waals surface area contributed by atoms with Crippen LogP contribution in [0, 0.1) is 28.8 Å². The van der Waals surface area contributed by atoms with Crippen LogP contribution in [-0.4, -0.2) is 76.0 Å². The number of ether oxygens (including phenoxy) is 5. The second-order valence-corrected chi connectivity index (χ2v) is 14.2. The molecular weight excluding hydrogens is 780 g/mol. The van der Waals surface area contributed by atoms with Crippen molar-refractivity contribution in [1.82, 2.24) is 20.1 Å². The number of halogens is 3. The molecule has 0 radical (unpaired) electrons. The number of alkyl carbamates (subject to hydrolysis) is 1. The lowest BCUT2D eigenvalue weighted by Gasteiger charge is -2.40. The molecule has 0 aliphatic carbocycles. The number of aromatic nitrogens is 3. The number of nitrogens with zero attached hydrogens (tertiary/aromatic N) is 4. The standard InChI is InChI=1S/C41H38F3N5O8S/c1-3-16-53-40(52)47-20-37(50)54-21-30-9-4-6-10-33(30)39(51)57-41(24-49-26-46-25-48-49,34-15-14-31(42)18-36(34)44)27(2)58-32-22-55-38(56-23-32)11-7-5-8-29-13-12-28(19-45)17-35(29)43/h3-15,17-18,25-27,32,38H,1,16,20-24H2,2H3,(H,47,52)/t27-,32-,38-,41-/m1/s1. The molecule has 0 spiro atoms. The van der Waals surface area contributed by atoms with E-state index in [1.54, 1.807) is 37.3 Å². The van der Waals surface area contributed by atoms with Gasteiger partial charge in [0.1, 0.15) is 49.9 Å². The quantitative estimate of drug-likeness (QED) is 0.0540. The molecule has 0 unspecified atom stereocenters. The summed E-state index contributed by atoms with van der Waals surface area (Å²) in [6, 6.07) is 15.2. The molecule has 1 fully saturated rings. The summed E-state index contributed by atoms with van der Waals surface area (Å²) in [6.45, 7) is 4.31. The predicted octanol–water partition coefficient (Wildman–Crippen LogP) is 6.41. The molecule has 1 aromatic heterocycles. The Balaban J connectivity index is 1.33. The van der Waals surface area contributed by atoms with Crippen LogP contribution in [0.5, 0.6) is 0 Å². The number of nitrogens with one attached hydrogen (secondary N) is 1. The van der Waals surface area contributed by atoms with E-state index in [1.165, 1.54) is 71.6 Å². The smallest absolute Gasteiger partial charge is 0.407 e. The molecule has 0 saturated carbocycles. The summed E-state index contributed by atoms with van der Waals surface area (Å²) in [5.74, 6) is -4.08. The second kappa shape index (κ2) is 20.8. The summed E-state index contributed by atoms with van der Waals surface area (Å²) >= 11 is 1.29. The molecule has 1 saturated heterocycles. The van der Waals surface area contributed by atoms with E-state index in [-0.39, 0.29) is 60.5 Å². The summed E-state index contributed by atoms with van der Waals surface area (Å²) in [5.41, 5.74) is -1.24.